The highest BCUT2D eigenvalue weighted by atomic mass is 32.2. The highest BCUT2D eigenvalue weighted by Gasteiger charge is 2.29. The average molecular weight is 243 g/mol. The molecule has 84 valence electrons. The highest BCUT2D eigenvalue weighted by molar-refractivity contribution is 7.87. The zero-order valence-corrected chi connectivity index (χ0v) is 10.6. The summed E-state index contributed by atoms with van der Waals surface area (Å²) < 4.78 is 13.2. The van der Waals surface area contributed by atoms with Crippen molar-refractivity contribution in [2.24, 2.45) is 0 Å². The molecule has 1 fully saturated rings. The van der Waals surface area contributed by atoms with E-state index < -0.39 is 10.8 Å². The van der Waals surface area contributed by atoms with Crippen LogP contribution in [0.2, 0.25) is 0 Å². The molecule has 0 saturated heterocycles. The third-order valence-electron chi connectivity index (χ3n) is 2.87. The second-order valence-corrected chi connectivity index (χ2v) is 6.83. The van der Waals surface area contributed by atoms with E-state index in [0.717, 1.165) is 23.6 Å². The molecule has 0 radical (unpaired) electrons. The summed E-state index contributed by atoms with van der Waals surface area (Å²) >= 11 is 1.61. The quantitative estimate of drug-likeness (QED) is 0.880. The Morgan fingerprint density at radius 2 is 2.47 bits per heavy atom. The van der Waals surface area contributed by atoms with Crippen molar-refractivity contribution in [1.29, 1.82) is 0 Å². The minimum Gasteiger partial charge on any atom is -0.314 e. The minimum absolute atomic E-state index is 0.368. The molecule has 4 heteroatoms. The lowest BCUT2D eigenvalue weighted by atomic mass is 10.2. The van der Waals surface area contributed by atoms with Crippen LogP contribution in [0.4, 0.5) is 0 Å². The molecular formula is C11H17NOS2. The van der Waals surface area contributed by atoms with Crippen molar-refractivity contribution >= 4 is 22.1 Å². The minimum atomic E-state index is -0.773. The largest absolute Gasteiger partial charge is 0.314 e. The Bertz CT molecular complexity index is 323. The molecule has 0 bridgehead atoms. The van der Waals surface area contributed by atoms with E-state index in [4.69, 9.17) is 0 Å². The first-order valence-corrected chi connectivity index (χ1v) is 7.58. The van der Waals surface area contributed by atoms with Gasteiger partial charge in [0, 0.05) is 11.3 Å². The van der Waals surface area contributed by atoms with Gasteiger partial charge in [0.05, 0.1) is 15.0 Å². The van der Waals surface area contributed by atoms with E-state index in [1.54, 1.807) is 11.3 Å². The van der Waals surface area contributed by atoms with Crippen LogP contribution in [0.25, 0.3) is 0 Å². The van der Waals surface area contributed by atoms with Gasteiger partial charge in [-0.3, -0.25) is 4.21 Å². The van der Waals surface area contributed by atoms with Gasteiger partial charge >= 0.3 is 0 Å². The Balaban J connectivity index is 1.93. The van der Waals surface area contributed by atoms with Gasteiger partial charge in [0.2, 0.25) is 0 Å². The maximum Gasteiger partial charge on any atom is 0.0913 e. The molecule has 2 nitrogen and oxygen atoms in total. The molecule has 15 heavy (non-hydrogen) atoms. The van der Waals surface area contributed by atoms with Gasteiger partial charge in [-0.25, -0.2) is 0 Å². The first-order chi connectivity index (χ1) is 7.31. The molecule has 0 aliphatic heterocycles. The smallest absolute Gasteiger partial charge is 0.0913 e. The molecule has 0 amide bonds. The van der Waals surface area contributed by atoms with Gasteiger partial charge in [0.1, 0.15) is 0 Å². The van der Waals surface area contributed by atoms with Crippen LogP contribution in [0.5, 0.6) is 0 Å². The Morgan fingerprint density at radius 3 is 3.13 bits per heavy atom. The van der Waals surface area contributed by atoms with Gasteiger partial charge in [-0.15, -0.1) is 11.3 Å². The first-order valence-electron chi connectivity index (χ1n) is 5.48. The van der Waals surface area contributed by atoms with Crippen molar-refractivity contribution in [2.45, 2.75) is 41.7 Å². The molecule has 1 aliphatic rings. The third-order valence-corrected chi connectivity index (χ3v) is 5.88. The number of thiophene rings is 1. The SMILES string of the molecule is CCNC1CCC(S(=O)c2cccs2)C1. The normalized spacial score (nSPS) is 28.1. The van der Waals surface area contributed by atoms with Crippen molar-refractivity contribution in [3.8, 4) is 0 Å². The molecule has 1 aromatic rings. The van der Waals surface area contributed by atoms with Gasteiger partial charge in [0.25, 0.3) is 0 Å². The van der Waals surface area contributed by atoms with Crippen LogP contribution in [0, 0.1) is 0 Å². The number of hydrogen-bond acceptors (Lipinski definition) is 3. The van der Waals surface area contributed by atoms with E-state index in [1.165, 1.54) is 6.42 Å². The third kappa shape index (κ3) is 2.68. The fourth-order valence-corrected chi connectivity index (χ4v) is 4.85. The van der Waals surface area contributed by atoms with E-state index in [1.807, 2.05) is 17.5 Å². The summed E-state index contributed by atoms with van der Waals surface area (Å²) in [5.74, 6) is 0. The molecule has 0 spiro atoms. The van der Waals surface area contributed by atoms with Crippen molar-refractivity contribution in [3.63, 3.8) is 0 Å². The summed E-state index contributed by atoms with van der Waals surface area (Å²) in [6.45, 7) is 3.15. The molecule has 2 rings (SSSR count). The van der Waals surface area contributed by atoms with Crippen LogP contribution < -0.4 is 5.32 Å². The molecule has 0 aromatic carbocycles. The Labute approximate surface area is 97.5 Å². The van der Waals surface area contributed by atoms with Crippen LogP contribution in [0.15, 0.2) is 21.7 Å². The topological polar surface area (TPSA) is 29.1 Å². The van der Waals surface area contributed by atoms with Gasteiger partial charge in [-0.05, 0) is 37.3 Å². The summed E-state index contributed by atoms with van der Waals surface area (Å²) in [6.07, 6.45) is 3.34. The second kappa shape index (κ2) is 5.23. The van der Waals surface area contributed by atoms with Gasteiger partial charge in [0.15, 0.2) is 0 Å². The lowest BCUT2D eigenvalue weighted by Gasteiger charge is -2.10. The molecule has 1 N–H and O–H groups in total. The zero-order chi connectivity index (χ0) is 10.7. The van der Waals surface area contributed by atoms with Crippen LogP contribution in [0.1, 0.15) is 26.2 Å². The fourth-order valence-electron chi connectivity index (χ4n) is 2.15. The maximum atomic E-state index is 12.2. The Hall–Kier alpha value is -0.190. The van der Waals surface area contributed by atoms with Gasteiger partial charge in [-0.1, -0.05) is 13.0 Å². The first kappa shape index (κ1) is 11.3. The molecule has 1 aromatic heterocycles. The van der Waals surface area contributed by atoms with Crippen LogP contribution >= 0.6 is 11.3 Å². The monoisotopic (exact) mass is 243 g/mol. The summed E-state index contributed by atoms with van der Waals surface area (Å²) in [5, 5.41) is 5.82. The predicted molar refractivity (Wildman–Crippen MR) is 65.8 cm³/mol. The second-order valence-electron chi connectivity index (χ2n) is 3.92. The summed E-state index contributed by atoms with van der Waals surface area (Å²) in [7, 11) is -0.773. The van der Waals surface area contributed by atoms with E-state index in [9.17, 15) is 4.21 Å². The number of nitrogens with one attached hydrogen (secondary N) is 1. The molecule has 3 unspecified atom stereocenters. The van der Waals surface area contributed by atoms with Crippen molar-refractivity contribution in [2.75, 3.05) is 6.54 Å². The molecule has 1 aliphatic carbocycles. The van der Waals surface area contributed by atoms with Crippen LogP contribution in [-0.2, 0) is 10.8 Å². The predicted octanol–water partition coefficient (Wildman–Crippen LogP) is 2.39. The van der Waals surface area contributed by atoms with Gasteiger partial charge < -0.3 is 5.32 Å². The molecule has 3 atom stereocenters. The average Bonchev–Trinajstić information content (AvgIpc) is 2.87. The number of rotatable bonds is 4. The maximum absolute atomic E-state index is 12.2. The zero-order valence-electron chi connectivity index (χ0n) is 8.94. The van der Waals surface area contributed by atoms with Gasteiger partial charge in [-0.2, -0.15) is 0 Å². The van der Waals surface area contributed by atoms with E-state index in [0.29, 0.717) is 11.3 Å². The lowest BCUT2D eigenvalue weighted by Crippen LogP contribution is -2.26. The fraction of sp³-hybridized carbons (Fsp3) is 0.636. The van der Waals surface area contributed by atoms with Crippen molar-refractivity contribution in [1.82, 2.24) is 5.32 Å². The molecule has 1 heterocycles. The lowest BCUT2D eigenvalue weighted by molar-refractivity contribution is 0.542. The molecular weight excluding hydrogens is 226 g/mol. The molecule has 1 saturated carbocycles. The van der Waals surface area contributed by atoms with E-state index in [-0.39, 0.29) is 0 Å². The van der Waals surface area contributed by atoms with E-state index >= 15 is 0 Å². The van der Waals surface area contributed by atoms with Crippen LogP contribution in [-0.4, -0.2) is 22.0 Å². The highest BCUT2D eigenvalue weighted by Crippen LogP contribution is 2.28. The van der Waals surface area contributed by atoms with Crippen molar-refractivity contribution in [3.05, 3.63) is 17.5 Å². The van der Waals surface area contributed by atoms with Crippen molar-refractivity contribution < 1.29 is 4.21 Å². The van der Waals surface area contributed by atoms with E-state index in [2.05, 4.69) is 12.2 Å². The van der Waals surface area contributed by atoms with Crippen LogP contribution in [0.3, 0.4) is 0 Å². The summed E-state index contributed by atoms with van der Waals surface area (Å²) in [6, 6.07) is 4.56. The Morgan fingerprint density at radius 1 is 1.60 bits per heavy atom. The summed E-state index contributed by atoms with van der Waals surface area (Å²) in [5.41, 5.74) is 0. The Kier molecular flexibility index (Phi) is 3.94. The standard InChI is InChI=1S/C11H17NOS2/c1-2-12-9-5-6-10(8-9)15(13)11-4-3-7-14-11/h3-4,7,9-10,12H,2,5-6,8H2,1H3. The number of hydrogen-bond donors (Lipinski definition) is 1. The summed E-state index contributed by atoms with van der Waals surface area (Å²) in [4.78, 5) is 0.